The average molecular weight is 303 g/mol. The lowest BCUT2D eigenvalue weighted by Gasteiger charge is -2.06. The zero-order chi connectivity index (χ0) is 15.2. The van der Waals surface area contributed by atoms with E-state index in [9.17, 15) is 9.59 Å². The first-order valence-corrected chi connectivity index (χ1v) is 7.55. The van der Waals surface area contributed by atoms with Crippen LogP contribution in [0.4, 0.5) is 5.00 Å². The van der Waals surface area contributed by atoms with Crippen molar-refractivity contribution in [1.29, 1.82) is 0 Å². The highest BCUT2D eigenvalue weighted by atomic mass is 32.1. The zero-order valence-electron chi connectivity index (χ0n) is 12.0. The molecule has 110 valence electrons. The molecule has 0 atom stereocenters. The number of hydrogen-bond acceptors (Lipinski definition) is 4. The minimum absolute atomic E-state index is 0.146. The molecule has 0 fully saturated rings. The van der Waals surface area contributed by atoms with Gasteiger partial charge in [0.1, 0.15) is 5.00 Å². The van der Waals surface area contributed by atoms with Crippen molar-refractivity contribution in [2.24, 2.45) is 0 Å². The molecule has 2 aromatic rings. The molecule has 0 aliphatic carbocycles. The highest BCUT2D eigenvalue weighted by molar-refractivity contribution is 7.14. The normalized spacial score (nSPS) is 10.2. The number of carbonyl (C=O) groups excluding carboxylic acids is 2. The Kier molecular flexibility index (Phi) is 5.11. The van der Waals surface area contributed by atoms with Gasteiger partial charge in [0, 0.05) is 0 Å². The third-order valence-electron chi connectivity index (χ3n) is 3.12. The number of rotatable bonds is 5. The highest BCUT2D eigenvalue weighted by Gasteiger charge is 2.15. The van der Waals surface area contributed by atoms with Gasteiger partial charge in [-0.05, 0) is 29.0 Å². The highest BCUT2D eigenvalue weighted by Crippen LogP contribution is 2.24. The molecular weight excluding hydrogens is 286 g/mol. The van der Waals surface area contributed by atoms with Crippen molar-refractivity contribution in [3.05, 3.63) is 52.4 Å². The topological polar surface area (TPSA) is 55.4 Å². The fourth-order valence-electron chi connectivity index (χ4n) is 1.93. The van der Waals surface area contributed by atoms with Crippen LogP contribution in [0.25, 0.3) is 0 Å². The molecular formula is C16H17NO3S. The van der Waals surface area contributed by atoms with Crippen LogP contribution >= 0.6 is 11.3 Å². The number of ether oxygens (including phenoxy) is 1. The summed E-state index contributed by atoms with van der Waals surface area (Å²) in [5, 5.41) is 5.03. The van der Waals surface area contributed by atoms with Gasteiger partial charge in [-0.3, -0.25) is 4.79 Å². The van der Waals surface area contributed by atoms with Gasteiger partial charge < -0.3 is 10.1 Å². The minimum atomic E-state index is -0.446. The van der Waals surface area contributed by atoms with E-state index in [1.807, 2.05) is 24.3 Å². The van der Waals surface area contributed by atoms with Gasteiger partial charge in [-0.25, -0.2) is 4.79 Å². The second kappa shape index (κ2) is 7.04. The van der Waals surface area contributed by atoms with Gasteiger partial charge in [0.05, 0.1) is 19.1 Å². The van der Waals surface area contributed by atoms with Crippen LogP contribution in [-0.4, -0.2) is 19.0 Å². The number of thiophene rings is 1. The average Bonchev–Trinajstić information content (AvgIpc) is 2.95. The molecule has 1 heterocycles. The van der Waals surface area contributed by atoms with E-state index in [-0.39, 0.29) is 12.3 Å². The van der Waals surface area contributed by atoms with Crippen molar-refractivity contribution in [2.75, 3.05) is 12.4 Å². The van der Waals surface area contributed by atoms with Crippen LogP contribution in [0.5, 0.6) is 0 Å². The summed E-state index contributed by atoms with van der Waals surface area (Å²) in [6, 6.07) is 9.59. The summed E-state index contributed by atoms with van der Waals surface area (Å²) < 4.78 is 4.68. The van der Waals surface area contributed by atoms with Gasteiger partial charge in [-0.2, -0.15) is 0 Å². The molecule has 1 N–H and O–H groups in total. The Morgan fingerprint density at radius 1 is 1.14 bits per heavy atom. The Morgan fingerprint density at radius 3 is 2.43 bits per heavy atom. The third kappa shape index (κ3) is 3.92. The second-order valence-corrected chi connectivity index (χ2v) is 5.47. The quantitative estimate of drug-likeness (QED) is 0.862. The minimum Gasteiger partial charge on any atom is -0.465 e. The molecule has 0 aliphatic heterocycles. The molecule has 5 heteroatoms. The Hall–Kier alpha value is -2.14. The fourth-order valence-corrected chi connectivity index (χ4v) is 2.72. The Balaban J connectivity index is 2.01. The summed E-state index contributed by atoms with van der Waals surface area (Å²) in [5.41, 5.74) is 2.57. The van der Waals surface area contributed by atoms with Crippen molar-refractivity contribution in [3.8, 4) is 0 Å². The molecule has 1 amide bonds. The molecule has 0 saturated carbocycles. The first-order valence-electron chi connectivity index (χ1n) is 6.67. The van der Waals surface area contributed by atoms with Gasteiger partial charge in [-0.1, -0.05) is 31.2 Å². The van der Waals surface area contributed by atoms with E-state index in [2.05, 4.69) is 17.0 Å². The van der Waals surface area contributed by atoms with Gasteiger partial charge >= 0.3 is 5.97 Å². The Labute approximate surface area is 127 Å². The SMILES string of the molecule is CCc1ccc(CC(=O)Nc2sccc2C(=O)OC)cc1. The predicted octanol–water partition coefficient (Wildman–Crippen LogP) is 3.28. The van der Waals surface area contributed by atoms with E-state index in [0.717, 1.165) is 12.0 Å². The molecule has 0 aliphatic rings. The summed E-state index contributed by atoms with van der Waals surface area (Å²) in [6.45, 7) is 2.09. The van der Waals surface area contributed by atoms with Crippen LogP contribution in [0.15, 0.2) is 35.7 Å². The van der Waals surface area contributed by atoms with Crippen LogP contribution < -0.4 is 5.32 Å². The van der Waals surface area contributed by atoms with Crippen molar-refractivity contribution >= 4 is 28.2 Å². The molecule has 21 heavy (non-hydrogen) atoms. The predicted molar refractivity (Wildman–Crippen MR) is 83.8 cm³/mol. The van der Waals surface area contributed by atoms with E-state index in [1.165, 1.54) is 24.0 Å². The molecule has 0 saturated heterocycles. The smallest absolute Gasteiger partial charge is 0.340 e. The number of benzene rings is 1. The van der Waals surface area contributed by atoms with Crippen LogP contribution in [0.3, 0.4) is 0 Å². The number of carbonyl (C=O) groups is 2. The lowest BCUT2D eigenvalue weighted by molar-refractivity contribution is -0.115. The number of esters is 1. The fraction of sp³-hybridized carbons (Fsp3) is 0.250. The standard InChI is InChI=1S/C16H17NO3S/c1-3-11-4-6-12(7-5-11)10-14(18)17-15-13(8-9-21-15)16(19)20-2/h4-9H,3,10H2,1-2H3,(H,17,18). The number of hydrogen-bond donors (Lipinski definition) is 1. The first-order chi connectivity index (χ1) is 10.1. The number of aryl methyl sites for hydroxylation is 1. The summed E-state index contributed by atoms with van der Waals surface area (Å²) in [7, 11) is 1.32. The monoisotopic (exact) mass is 303 g/mol. The third-order valence-corrected chi connectivity index (χ3v) is 3.95. The number of nitrogens with one attached hydrogen (secondary N) is 1. The van der Waals surface area contributed by atoms with Gasteiger partial charge in [-0.15, -0.1) is 11.3 Å². The van der Waals surface area contributed by atoms with Crippen LogP contribution in [0.2, 0.25) is 0 Å². The van der Waals surface area contributed by atoms with Crippen LogP contribution in [-0.2, 0) is 22.4 Å². The molecule has 1 aromatic heterocycles. The Bertz CT molecular complexity index is 631. The van der Waals surface area contributed by atoms with Crippen molar-refractivity contribution in [3.63, 3.8) is 0 Å². The van der Waals surface area contributed by atoms with E-state index >= 15 is 0 Å². The molecule has 0 spiro atoms. The van der Waals surface area contributed by atoms with Crippen LogP contribution in [0.1, 0.15) is 28.4 Å². The molecule has 0 bridgehead atoms. The maximum Gasteiger partial charge on any atom is 0.340 e. The van der Waals surface area contributed by atoms with Gasteiger partial charge in [0.15, 0.2) is 0 Å². The zero-order valence-corrected chi connectivity index (χ0v) is 12.8. The van der Waals surface area contributed by atoms with Crippen molar-refractivity contribution < 1.29 is 14.3 Å². The summed E-state index contributed by atoms with van der Waals surface area (Å²) >= 11 is 1.31. The van der Waals surface area contributed by atoms with E-state index in [0.29, 0.717) is 10.6 Å². The Morgan fingerprint density at radius 2 is 1.81 bits per heavy atom. The maximum atomic E-state index is 12.0. The maximum absolute atomic E-state index is 12.0. The first kappa shape index (κ1) is 15.3. The largest absolute Gasteiger partial charge is 0.465 e. The molecule has 1 aromatic carbocycles. The summed E-state index contributed by atoms with van der Waals surface area (Å²) in [5.74, 6) is -0.592. The number of amides is 1. The lowest BCUT2D eigenvalue weighted by Crippen LogP contribution is -2.15. The van der Waals surface area contributed by atoms with Crippen molar-refractivity contribution in [2.45, 2.75) is 19.8 Å². The van der Waals surface area contributed by atoms with Crippen molar-refractivity contribution in [1.82, 2.24) is 0 Å². The molecule has 4 nitrogen and oxygen atoms in total. The molecule has 0 radical (unpaired) electrons. The lowest BCUT2D eigenvalue weighted by atomic mass is 10.1. The number of anilines is 1. The number of methoxy groups -OCH3 is 1. The molecule has 2 rings (SSSR count). The van der Waals surface area contributed by atoms with E-state index in [1.54, 1.807) is 11.4 Å². The second-order valence-electron chi connectivity index (χ2n) is 4.55. The van der Waals surface area contributed by atoms with E-state index in [4.69, 9.17) is 0 Å². The summed E-state index contributed by atoms with van der Waals surface area (Å²) in [4.78, 5) is 23.6. The van der Waals surface area contributed by atoms with Crippen LogP contribution in [0, 0.1) is 0 Å². The van der Waals surface area contributed by atoms with Gasteiger partial charge in [0.2, 0.25) is 5.91 Å². The van der Waals surface area contributed by atoms with E-state index < -0.39 is 5.97 Å². The van der Waals surface area contributed by atoms with Gasteiger partial charge in [0.25, 0.3) is 0 Å². The summed E-state index contributed by atoms with van der Waals surface area (Å²) in [6.07, 6.45) is 1.26. The molecule has 0 unspecified atom stereocenters.